The summed E-state index contributed by atoms with van der Waals surface area (Å²) in [7, 11) is 0. The molecule has 1 aliphatic rings. The Labute approximate surface area is 122 Å². The van der Waals surface area contributed by atoms with Gasteiger partial charge in [0.1, 0.15) is 5.69 Å². The molecule has 0 radical (unpaired) electrons. The van der Waals surface area contributed by atoms with E-state index in [-0.39, 0.29) is 11.7 Å². The van der Waals surface area contributed by atoms with Crippen LogP contribution in [0.2, 0.25) is 0 Å². The molecule has 0 saturated carbocycles. The zero-order valence-electron chi connectivity index (χ0n) is 11.2. The predicted octanol–water partition coefficient (Wildman–Crippen LogP) is 2.34. The largest absolute Gasteiger partial charge is 0.330 e. The zero-order valence-corrected chi connectivity index (χ0v) is 12.0. The molecule has 1 atom stereocenters. The molecule has 2 aromatic rings. The van der Waals surface area contributed by atoms with Crippen molar-refractivity contribution in [1.82, 2.24) is 9.97 Å². The molecule has 1 aliphatic carbocycles. The van der Waals surface area contributed by atoms with Crippen LogP contribution in [0.3, 0.4) is 0 Å². The summed E-state index contributed by atoms with van der Waals surface area (Å²) in [6, 6.07) is 4.01. The summed E-state index contributed by atoms with van der Waals surface area (Å²) in [5.74, 6) is -0.0306. The van der Waals surface area contributed by atoms with Crippen LogP contribution in [0, 0.1) is 0 Å². The van der Waals surface area contributed by atoms with Gasteiger partial charge in [-0.05, 0) is 37.4 Å². The Balaban J connectivity index is 1.87. The average Bonchev–Trinajstić information content (AvgIpc) is 2.95. The number of carbonyl (C=O) groups excluding carboxylic acids is 1. The summed E-state index contributed by atoms with van der Waals surface area (Å²) in [4.78, 5) is 21.5. The normalized spacial score (nSPS) is 17.8. The summed E-state index contributed by atoms with van der Waals surface area (Å²) in [6.45, 7) is 0.564. The second-order valence-electron chi connectivity index (χ2n) is 5.02. The Kier molecular flexibility index (Phi) is 3.89. The molecular weight excluding hydrogens is 270 g/mol. The van der Waals surface area contributed by atoms with Crippen molar-refractivity contribution in [1.29, 1.82) is 0 Å². The van der Waals surface area contributed by atoms with Gasteiger partial charge in [0.25, 0.3) is 0 Å². The van der Waals surface area contributed by atoms with E-state index < -0.39 is 0 Å². The molecule has 2 N–H and O–H groups in total. The molecule has 20 heavy (non-hydrogen) atoms. The molecule has 3 rings (SSSR count). The van der Waals surface area contributed by atoms with Gasteiger partial charge in [-0.15, -0.1) is 11.3 Å². The molecule has 0 aromatic carbocycles. The van der Waals surface area contributed by atoms with Crippen molar-refractivity contribution in [3.8, 4) is 0 Å². The van der Waals surface area contributed by atoms with Crippen molar-refractivity contribution >= 4 is 17.1 Å². The Morgan fingerprint density at radius 3 is 3.25 bits per heavy atom. The van der Waals surface area contributed by atoms with Gasteiger partial charge in [-0.3, -0.25) is 9.78 Å². The van der Waals surface area contributed by atoms with Crippen LogP contribution in [0.5, 0.6) is 0 Å². The van der Waals surface area contributed by atoms with Crippen LogP contribution in [0.1, 0.15) is 45.5 Å². The Hall–Kier alpha value is -1.59. The Morgan fingerprint density at radius 1 is 1.50 bits per heavy atom. The summed E-state index contributed by atoms with van der Waals surface area (Å²) in [6.07, 6.45) is 5.42. The number of aromatic nitrogens is 2. The maximum Gasteiger partial charge on any atom is 0.191 e. The van der Waals surface area contributed by atoms with Crippen molar-refractivity contribution < 1.29 is 4.79 Å². The van der Waals surface area contributed by atoms with Gasteiger partial charge < -0.3 is 5.73 Å². The van der Waals surface area contributed by atoms with Crippen molar-refractivity contribution in [3.05, 3.63) is 45.7 Å². The molecular formula is C15H17N3OS. The fourth-order valence-corrected chi connectivity index (χ4v) is 3.51. The maximum atomic E-state index is 12.7. The topological polar surface area (TPSA) is 68.9 Å². The Morgan fingerprint density at radius 2 is 2.40 bits per heavy atom. The standard InChI is InChI=1S/C15H17N3OS/c16-7-6-13-18-12(9-20-13)15(19)11-5-1-3-10-4-2-8-17-14(10)11/h2,4,8-9,11H,1,3,5-7,16H2. The van der Waals surface area contributed by atoms with E-state index in [1.807, 2.05) is 11.4 Å². The van der Waals surface area contributed by atoms with E-state index in [9.17, 15) is 4.79 Å². The number of thiazole rings is 1. The minimum absolute atomic E-state index is 0.101. The molecule has 2 heterocycles. The number of ketones is 1. The lowest BCUT2D eigenvalue weighted by Crippen LogP contribution is -2.20. The highest BCUT2D eigenvalue weighted by Crippen LogP contribution is 2.32. The zero-order chi connectivity index (χ0) is 13.9. The number of pyridine rings is 1. The molecule has 0 fully saturated rings. The van der Waals surface area contributed by atoms with E-state index in [1.54, 1.807) is 6.20 Å². The summed E-state index contributed by atoms with van der Waals surface area (Å²) >= 11 is 1.52. The highest BCUT2D eigenvalue weighted by atomic mass is 32.1. The molecule has 0 amide bonds. The third-order valence-corrected chi connectivity index (χ3v) is 4.58. The summed E-state index contributed by atoms with van der Waals surface area (Å²) in [5.41, 5.74) is 8.24. The van der Waals surface area contributed by atoms with E-state index >= 15 is 0 Å². The second kappa shape index (κ2) is 5.81. The van der Waals surface area contributed by atoms with Crippen LogP contribution >= 0.6 is 11.3 Å². The fraction of sp³-hybridized carbons (Fsp3) is 0.400. The molecule has 2 aromatic heterocycles. The number of nitrogens with zero attached hydrogens (tertiary/aromatic N) is 2. The summed E-state index contributed by atoms with van der Waals surface area (Å²) < 4.78 is 0. The first kappa shape index (κ1) is 13.4. The minimum atomic E-state index is -0.132. The van der Waals surface area contributed by atoms with Gasteiger partial charge in [0.15, 0.2) is 5.78 Å². The maximum absolute atomic E-state index is 12.7. The highest BCUT2D eigenvalue weighted by Gasteiger charge is 2.29. The van der Waals surface area contributed by atoms with Gasteiger partial charge in [0, 0.05) is 18.0 Å². The number of Topliss-reactive ketones (excluding diaryl/α,β-unsaturated/α-hetero) is 1. The number of carbonyl (C=O) groups is 1. The van der Waals surface area contributed by atoms with Gasteiger partial charge in [0.05, 0.1) is 16.6 Å². The first-order chi connectivity index (χ1) is 9.79. The van der Waals surface area contributed by atoms with Crippen molar-refractivity contribution in [3.63, 3.8) is 0 Å². The van der Waals surface area contributed by atoms with E-state index in [4.69, 9.17) is 5.73 Å². The average molecular weight is 287 g/mol. The van der Waals surface area contributed by atoms with Crippen molar-refractivity contribution in [2.75, 3.05) is 6.54 Å². The molecule has 0 saturated heterocycles. The number of aryl methyl sites for hydroxylation is 1. The number of rotatable bonds is 4. The first-order valence-electron chi connectivity index (χ1n) is 6.92. The monoisotopic (exact) mass is 287 g/mol. The lowest BCUT2D eigenvalue weighted by atomic mass is 9.83. The van der Waals surface area contributed by atoms with E-state index in [2.05, 4.69) is 16.0 Å². The molecule has 1 unspecified atom stereocenters. The quantitative estimate of drug-likeness (QED) is 0.876. The van der Waals surface area contributed by atoms with Crippen LogP contribution in [-0.4, -0.2) is 22.3 Å². The SMILES string of the molecule is NCCc1nc(C(=O)C2CCCc3cccnc32)cs1. The molecule has 0 spiro atoms. The third kappa shape index (κ3) is 2.51. The van der Waals surface area contributed by atoms with Crippen LogP contribution < -0.4 is 5.73 Å². The molecule has 4 nitrogen and oxygen atoms in total. The fourth-order valence-electron chi connectivity index (χ4n) is 2.71. The van der Waals surface area contributed by atoms with Crippen LogP contribution in [-0.2, 0) is 12.8 Å². The molecule has 104 valence electrons. The predicted molar refractivity (Wildman–Crippen MR) is 79.1 cm³/mol. The van der Waals surface area contributed by atoms with Crippen molar-refractivity contribution in [2.45, 2.75) is 31.6 Å². The first-order valence-corrected chi connectivity index (χ1v) is 7.80. The van der Waals surface area contributed by atoms with Gasteiger partial charge in [-0.2, -0.15) is 0 Å². The summed E-state index contributed by atoms with van der Waals surface area (Å²) in [5, 5.41) is 2.79. The molecule has 5 heteroatoms. The highest BCUT2D eigenvalue weighted by molar-refractivity contribution is 7.09. The number of hydrogen-bond acceptors (Lipinski definition) is 5. The van der Waals surface area contributed by atoms with Gasteiger partial charge >= 0.3 is 0 Å². The minimum Gasteiger partial charge on any atom is -0.330 e. The van der Waals surface area contributed by atoms with E-state index in [0.29, 0.717) is 12.2 Å². The lowest BCUT2D eigenvalue weighted by molar-refractivity contribution is 0.0944. The smallest absolute Gasteiger partial charge is 0.191 e. The van der Waals surface area contributed by atoms with Crippen LogP contribution in [0.4, 0.5) is 0 Å². The van der Waals surface area contributed by atoms with Gasteiger partial charge in [-0.25, -0.2) is 4.98 Å². The second-order valence-corrected chi connectivity index (χ2v) is 5.96. The van der Waals surface area contributed by atoms with Gasteiger partial charge in [-0.1, -0.05) is 6.07 Å². The van der Waals surface area contributed by atoms with Crippen LogP contribution in [0.25, 0.3) is 0 Å². The van der Waals surface area contributed by atoms with E-state index in [0.717, 1.165) is 36.4 Å². The molecule has 0 aliphatic heterocycles. The number of fused-ring (bicyclic) bond motifs is 1. The number of nitrogens with two attached hydrogens (primary N) is 1. The third-order valence-electron chi connectivity index (χ3n) is 3.67. The number of hydrogen-bond donors (Lipinski definition) is 1. The van der Waals surface area contributed by atoms with Gasteiger partial charge in [0.2, 0.25) is 0 Å². The van der Waals surface area contributed by atoms with Crippen molar-refractivity contribution in [2.24, 2.45) is 5.73 Å². The molecule has 0 bridgehead atoms. The van der Waals surface area contributed by atoms with Crippen LogP contribution in [0.15, 0.2) is 23.7 Å². The Bertz CT molecular complexity index is 623. The lowest BCUT2D eigenvalue weighted by Gasteiger charge is -2.22. The van der Waals surface area contributed by atoms with E-state index in [1.165, 1.54) is 16.9 Å².